The van der Waals surface area contributed by atoms with Crippen molar-refractivity contribution in [1.82, 2.24) is 19.6 Å². The lowest BCUT2D eigenvalue weighted by Gasteiger charge is -2.13. The highest BCUT2D eigenvalue weighted by Gasteiger charge is 2.13. The topological polar surface area (TPSA) is 55.1 Å². The minimum Gasteiger partial charge on any atom is -0.339 e. The molecular formula is C12H8BrCl2N5. The lowest BCUT2D eigenvalue weighted by molar-refractivity contribution is 0.936. The number of rotatable bonds is 2. The molecule has 0 amide bonds. The van der Waals surface area contributed by atoms with Crippen LogP contribution in [0.15, 0.2) is 29.0 Å². The van der Waals surface area contributed by atoms with E-state index in [0.717, 1.165) is 15.7 Å². The number of nitrogens with one attached hydrogen (secondary N) is 1. The molecule has 8 heteroatoms. The number of fused-ring (bicyclic) bond motifs is 1. The van der Waals surface area contributed by atoms with Crippen LogP contribution in [0.3, 0.4) is 0 Å². The smallest absolute Gasteiger partial charge is 0.255 e. The van der Waals surface area contributed by atoms with Gasteiger partial charge in [0.2, 0.25) is 0 Å². The normalized spacial score (nSPS) is 11.0. The lowest BCUT2D eigenvalue weighted by Crippen LogP contribution is -2.05. The van der Waals surface area contributed by atoms with E-state index in [2.05, 4.69) is 36.3 Å². The SMILES string of the molecule is Cc1c(Cl)nc2ncnn2c1Nc1ccc(Br)cc1Cl. The van der Waals surface area contributed by atoms with Crippen LogP contribution in [0.2, 0.25) is 10.2 Å². The van der Waals surface area contributed by atoms with Crippen molar-refractivity contribution in [1.29, 1.82) is 0 Å². The molecule has 0 saturated carbocycles. The number of nitrogens with zero attached hydrogens (tertiary/aromatic N) is 4. The van der Waals surface area contributed by atoms with Crippen molar-refractivity contribution in [3.05, 3.63) is 44.7 Å². The van der Waals surface area contributed by atoms with Gasteiger partial charge in [-0.25, -0.2) is 0 Å². The molecule has 0 spiro atoms. The van der Waals surface area contributed by atoms with Crippen molar-refractivity contribution in [2.24, 2.45) is 0 Å². The summed E-state index contributed by atoms with van der Waals surface area (Å²) in [7, 11) is 0. The molecule has 1 N–H and O–H groups in total. The minimum atomic E-state index is 0.376. The summed E-state index contributed by atoms with van der Waals surface area (Å²) in [6.07, 6.45) is 1.42. The predicted molar refractivity (Wildman–Crippen MR) is 83.0 cm³/mol. The molecule has 0 aliphatic rings. The number of halogens is 3. The molecule has 3 rings (SSSR count). The quantitative estimate of drug-likeness (QED) is 0.683. The first-order valence-corrected chi connectivity index (χ1v) is 7.19. The highest BCUT2D eigenvalue weighted by Crippen LogP contribution is 2.31. The van der Waals surface area contributed by atoms with E-state index in [4.69, 9.17) is 23.2 Å². The number of hydrogen-bond donors (Lipinski definition) is 1. The van der Waals surface area contributed by atoms with Crippen molar-refractivity contribution in [2.45, 2.75) is 6.92 Å². The van der Waals surface area contributed by atoms with Crippen molar-refractivity contribution in [3.63, 3.8) is 0 Å². The van der Waals surface area contributed by atoms with Crippen molar-refractivity contribution >= 4 is 56.4 Å². The Bertz CT molecular complexity index is 802. The summed E-state index contributed by atoms with van der Waals surface area (Å²) in [5, 5.41) is 8.31. The van der Waals surface area contributed by atoms with E-state index in [1.54, 1.807) is 10.6 Å². The molecule has 20 heavy (non-hydrogen) atoms. The first kappa shape index (κ1) is 13.6. The molecule has 0 atom stereocenters. The maximum absolute atomic E-state index is 6.21. The van der Waals surface area contributed by atoms with Gasteiger partial charge in [0, 0.05) is 10.0 Å². The zero-order valence-electron chi connectivity index (χ0n) is 10.2. The fourth-order valence-corrected chi connectivity index (χ4v) is 2.65. The number of aromatic nitrogens is 4. The summed E-state index contributed by atoms with van der Waals surface area (Å²) in [6, 6.07) is 5.56. The van der Waals surface area contributed by atoms with Gasteiger partial charge in [-0.2, -0.15) is 19.6 Å². The van der Waals surface area contributed by atoms with Gasteiger partial charge in [-0.15, -0.1) is 0 Å². The number of hydrogen-bond acceptors (Lipinski definition) is 4. The lowest BCUT2D eigenvalue weighted by atomic mass is 10.3. The minimum absolute atomic E-state index is 0.376. The molecule has 0 bridgehead atoms. The summed E-state index contributed by atoms with van der Waals surface area (Å²) in [5.41, 5.74) is 1.51. The van der Waals surface area contributed by atoms with E-state index in [1.807, 2.05) is 19.1 Å². The summed E-state index contributed by atoms with van der Waals surface area (Å²) < 4.78 is 2.49. The number of benzene rings is 1. The van der Waals surface area contributed by atoms with Crippen LogP contribution in [-0.4, -0.2) is 19.6 Å². The molecule has 102 valence electrons. The molecule has 0 saturated heterocycles. The second-order valence-electron chi connectivity index (χ2n) is 4.10. The molecule has 0 aliphatic carbocycles. The average molecular weight is 373 g/mol. The van der Waals surface area contributed by atoms with Crippen LogP contribution in [0, 0.1) is 6.92 Å². The molecular weight excluding hydrogens is 365 g/mol. The summed E-state index contributed by atoms with van der Waals surface area (Å²) in [5.74, 6) is 1.11. The van der Waals surface area contributed by atoms with Crippen LogP contribution < -0.4 is 5.32 Å². The molecule has 2 aromatic heterocycles. The van der Waals surface area contributed by atoms with E-state index in [9.17, 15) is 0 Å². The van der Waals surface area contributed by atoms with E-state index in [1.165, 1.54) is 6.33 Å². The Morgan fingerprint density at radius 1 is 1.30 bits per heavy atom. The van der Waals surface area contributed by atoms with Gasteiger partial charge in [0.15, 0.2) is 0 Å². The Kier molecular flexibility index (Phi) is 3.54. The van der Waals surface area contributed by atoms with Gasteiger partial charge in [-0.3, -0.25) is 0 Å². The van der Waals surface area contributed by atoms with Gasteiger partial charge in [0.25, 0.3) is 5.78 Å². The Morgan fingerprint density at radius 3 is 2.85 bits per heavy atom. The fraction of sp³-hybridized carbons (Fsp3) is 0.0833. The monoisotopic (exact) mass is 371 g/mol. The number of anilines is 2. The summed E-state index contributed by atoms with van der Waals surface area (Å²) in [4.78, 5) is 8.18. The molecule has 2 heterocycles. The van der Waals surface area contributed by atoms with Crippen LogP contribution in [0.4, 0.5) is 11.5 Å². The Morgan fingerprint density at radius 2 is 2.10 bits per heavy atom. The van der Waals surface area contributed by atoms with Crippen molar-refractivity contribution in [3.8, 4) is 0 Å². The molecule has 1 aromatic carbocycles. The third-order valence-corrected chi connectivity index (χ3v) is 3.96. The molecule has 5 nitrogen and oxygen atoms in total. The predicted octanol–water partition coefficient (Wildman–Crippen LogP) is 4.25. The largest absolute Gasteiger partial charge is 0.339 e. The second-order valence-corrected chi connectivity index (χ2v) is 5.78. The summed E-state index contributed by atoms with van der Waals surface area (Å²) >= 11 is 15.7. The molecule has 3 aromatic rings. The van der Waals surface area contributed by atoms with Gasteiger partial charge < -0.3 is 5.32 Å². The first-order chi connectivity index (χ1) is 9.56. The van der Waals surface area contributed by atoms with Gasteiger partial charge in [-0.05, 0) is 25.1 Å². The zero-order valence-corrected chi connectivity index (χ0v) is 13.3. The van der Waals surface area contributed by atoms with Crippen LogP contribution in [0.25, 0.3) is 5.78 Å². The fourth-order valence-electron chi connectivity index (χ4n) is 1.76. The van der Waals surface area contributed by atoms with E-state index in [0.29, 0.717) is 21.8 Å². The van der Waals surface area contributed by atoms with Gasteiger partial charge in [0.1, 0.15) is 17.3 Å². The second kappa shape index (κ2) is 5.20. The molecule has 0 radical (unpaired) electrons. The highest BCUT2D eigenvalue weighted by molar-refractivity contribution is 9.10. The summed E-state index contributed by atoms with van der Waals surface area (Å²) in [6.45, 7) is 1.85. The van der Waals surface area contributed by atoms with Crippen LogP contribution in [-0.2, 0) is 0 Å². The van der Waals surface area contributed by atoms with Crippen molar-refractivity contribution in [2.75, 3.05) is 5.32 Å². The van der Waals surface area contributed by atoms with E-state index in [-0.39, 0.29) is 0 Å². The Labute approximate surface area is 133 Å². The van der Waals surface area contributed by atoms with Crippen LogP contribution >= 0.6 is 39.1 Å². The van der Waals surface area contributed by atoms with Gasteiger partial charge in [-0.1, -0.05) is 39.1 Å². The maximum atomic E-state index is 6.21. The zero-order chi connectivity index (χ0) is 14.3. The molecule has 0 fully saturated rings. The average Bonchev–Trinajstić information content (AvgIpc) is 2.85. The van der Waals surface area contributed by atoms with Crippen molar-refractivity contribution < 1.29 is 0 Å². The maximum Gasteiger partial charge on any atom is 0.255 e. The molecule has 0 aliphatic heterocycles. The van der Waals surface area contributed by atoms with E-state index >= 15 is 0 Å². The third-order valence-electron chi connectivity index (χ3n) is 2.79. The van der Waals surface area contributed by atoms with Crippen LogP contribution in [0.5, 0.6) is 0 Å². The third kappa shape index (κ3) is 2.34. The molecule has 0 unspecified atom stereocenters. The Hall–Kier alpha value is -1.37. The van der Waals surface area contributed by atoms with Crippen LogP contribution in [0.1, 0.15) is 5.56 Å². The first-order valence-electron chi connectivity index (χ1n) is 5.64. The standard InChI is InChI=1S/C12H8BrCl2N5/c1-6-10(15)19-12-16-5-17-20(12)11(6)18-9-3-2-7(13)4-8(9)14/h2-5,18H,1H3. The van der Waals surface area contributed by atoms with E-state index < -0.39 is 0 Å². The van der Waals surface area contributed by atoms with Gasteiger partial charge >= 0.3 is 0 Å². The highest BCUT2D eigenvalue weighted by atomic mass is 79.9. The van der Waals surface area contributed by atoms with Gasteiger partial charge in [0.05, 0.1) is 10.7 Å². The Balaban J connectivity index is 2.14.